The molecule has 0 amide bonds. The van der Waals surface area contributed by atoms with Crippen LogP contribution in [0.4, 0.5) is 0 Å². The van der Waals surface area contributed by atoms with Gasteiger partial charge in [0.25, 0.3) is 0 Å². The third-order valence-corrected chi connectivity index (χ3v) is 7.79. The van der Waals surface area contributed by atoms with Gasteiger partial charge >= 0.3 is 5.97 Å². The van der Waals surface area contributed by atoms with E-state index in [1.807, 2.05) is 37.3 Å². The lowest BCUT2D eigenvalue weighted by atomic mass is 10.0. The fourth-order valence-corrected chi connectivity index (χ4v) is 5.45. The molecule has 3 unspecified atom stereocenters. The lowest BCUT2D eigenvalue weighted by Crippen LogP contribution is -2.47. The van der Waals surface area contributed by atoms with Gasteiger partial charge in [0.05, 0.1) is 18.1 Å². The second-order valence-corrected chi connectivity index (χ2v) is 11.1. The van der Waals surface area contributed by atoms with E-state index < -0.39 is 28.1 Å². The zero-order chi connectivity index (χ0) is 26.4. The van der Waals surface area contributed by atoms with E-state index >= 15 is 0 Å². The van der Waals surface area contributed by atoms with Crippen molar-refractivity contribution < 1.29 is 22.7 Å². The average Bonchev–Trinajstić information content (AvgIpc) is 2.88. The van der Waals surface area contributed by atoms with Crippen molar-refractivity contribution in [2.45, 2.75) is 102 Å². The number of rotatable bonds is 17. The molecule has 2 aromatic carbocycles. The summed E-state index contributed by atoms with van der Waals surface area (Å²) < 4.78 is 40.7. The maximum atomic E-state index is 13.2. The van der Waals surface area contributed by atoms with Crippen LogP contribution in [0, 0.1) is 6.92 Å². The maximum absolute atomic E-state index is 13.2. The van der Waals surface area contributed by atoms with Gasteiger partial charge in [0.1, 0.15) is 12.1 Å². The van der Waals surface area contributed by atoms with Crippen LogP contribution < -0.4 is 4.72 Å². The Hall–Kier alpha value is -2.22. The van der Waals surface area contributed by atoms with Crippen LogP contribution in [0.25, 0.3) is 0 Å². The first-order valence-electron chi connectivity index (χ1n) is 13.2. The van der Waals surface area contributed by atoms with Gasteiger partial charge in [-0.1, -0.05) is 107 Å². The minimum atomic E-state index is -3.99. The highest BCUT2D eigenvalue weighted by molar-refractivity contribution is 7.89. The van der Waals surface area contributed by atoms with Crippen LogP contribution in [0.1, 0.15) is 88.9 Å². The van der Waals surface area contributed by atoms with Gasteiger partial charge < -0.3 is 9.47 Å². The number of esters is 1. The molecule has 0 aliphatic rings. The lowest BCUT2D eigenvalue weighted by Gasteiger charge is -2.30. The van der Waals surface area contributed by atoms with Crippen molar-refractivity contribution in [3.8, 4) is 0 Å². The summed E-state index contributed by atoms with van der Waals surface area (Å²) in [5, 5.41) is 0. The molecule has 0 heterocycles. The molecule has 0 aliphatic heterocycles. The number of methoxy groups -OCH3 is 1. The zero-order valence-corrected chi connectivity index (χ0v) is 23.1. The molecule has 200 valence electrons. The van der Waals surface area contributed by atoms with Crippen molar-refractivity contribution >= 4 is 16.0 Å². The second-order valence-electron chi connectivity index (χ2n) is 9.37. The monoisotopic (exact) mass is 517 g/mol. The number of benzene rings is 2. The fraction of sp³-hybridized carbons (Fsp3) is 0.552. The molecular weight excluding hydrogens is 474 g/mol. The molecule has 0 saturated carbocycles. The molecule has 6 nitrogen and oxygen atoms in total. The van der Waals surface area contributed by atoms with Gasteiger partial charge in [0.15, 0.2) is 0 Å². The predicted molar refractivity (Wildman–Crippen MR) is 144 cm³/mol. The SMILES string of the molecule is CCCCCCCCC(CCC)OC(c1ccccc1)C(NS(=O)(=O)c1ccc(C)cc1)C(=O)OC. The Morgan fingerprint density at radius 2 is 1.50 bits per heavy atom. The van der Waals surface area contributed by atoms with E-state index in [0.717, 1.165) is 43.2 Å². The normalized spacial score (nSPS) is 14.2. The van der Waals surface area contributed by atoms with Gasteiger partial charge in [-0.25, -0.2) is 8.42 Å². The van der Waals surface area contributed by atoms with Crippen LogP contribution in [-0.2, 0) is 24.3 Å². The quantitative estimate of drug-likeness (QED) is 0.191. The Bertz CT molecular complexity index is 992. The van der Waals surface area contributed by atoms with Crippen LogP contribution in [0.15, 0.2) is 59.5 Å². The summed E-state index contributed by atoms with van der Waals surface area (Å²) >= 11 is 0. The maximum Gasteiger partial charge on any atom is 0.326 e. The van der Waals surface area contributed by atoms with Gasteiger partial charge in [-0.3, -0.25) is 4.79 Å². The van der Waals surface area contributed by atoms with Crippen LogP contribution >= 0.6 is 0 Å². The Morgan fingerprint density at radius 3 is 2.11 bits per heavy atom. The van der Waals surface area contributed by atoms with E-state index in [1.165, 1.54) is 44.9 Å². The molecule has 0 bridgehead atoms. The molecule has 0 fully saturated rings. The molecular formula is C29H43NO5S. The number of ether oxygens (including phenoxy) is 2. The van der Waals surface area contributed by atoms with Crippen LogP contribution in [0.2, 0.25) is 0 Å². The minimum Gasteiger partial charge on any atom is -0.468 e. The summed E-state index contributed by atoms with van der Waals surface area (Å²) in [5.74, 6) is -0.686. The minimum absolute atomic E-state index is 0.0889. The Morgan fingerprint density at radius 1 is 0.861 bits per heavy atom. The Balaban J connectivity index is 2.30. The van der Waals surface area contributed by atoms with Crippen molar-refractivity contribution in [2.24, 2.45) is 0 Å². The number of hydrogen-bond donors (Lipinski definition) is 1. The van der Waals surface area contributed by atoms with Crippen molar-refractivity contribution in [1.29, 1.82) is 0 Å². The summed E-state index contributed by atoms with van der Waals surface area (Å²) in [5.41, 5.74) is 1.67. The van der Waals surface area contributed by atoms with E-state index in [4.69, 9.17) is 9.47 Å². The fourth-order valence-electron chi connectivity index (χ4n) is 4.27. The number of unbranched alkanes of at least 4 members (excludes halogenated alkanes) is 5. The molecule has 0 saturated heterocycles. The smallest absolute Gasteiger partial charge is 0.326 e. The summed E-state index contributed by atoms with van der Waals surface area (Å²) in [7, 11) is -2.73. The van der Waals surface area contributed by atoms with E-state index in [0.29, 0.717) is 0 Å². The highest BCUT2D eigenvalue weighted by atomic mass is 32.2. The molecule has 36 heavy (non-hydrogen) atoms. The van der Waals surface area contributed by atoms with E-state index in [-0.39, 0.29) is 11.0 Å². The van der Waals surface area contributed by atoms with Crippen molar-refractivity contribution in [2.75, 3.05) is 7.11 Å². The summed E-state index contributed by atoms with van der Waals surface area (Å²) in [6.45, 7) is 6.20. The summed E-state index contributed by atoms with van der Waals surface area (Å²) in [6.07, 6.45) is 8.80. The number of nitrogens with one attached hydrogen (secondary N) is 1. The molecule has 2 rings (SSSR count). The molecule has 7 heteroatoms. The highest BCUT2D eigenvalue weighted by Crippen LogP contribution is 2.29. The van der Waals surface area contributed by atoms with E-state index in [9.17, 15) is 13.2 Å². The predicted octanol–water partition coefficient (Wildman–Crippen LogP) is 6.49. The number of carbonyl (C=O) groups is 1. The van der Waals surface area contributed by atoms with Crippen LogP contribution in [0.3, 0.4) is 0 Å². The van der Waals surface area contributed by atoms with Crippen molar-refractivity contribution in [3.05, 3.63) is 65.7 Å². The zero-order valence-electron chi connectivity index (χ0n) is 22.2. The topological polar surface area (TPSA) is 81.7 Å². The van der Waals surface area contributed by atoms with Crippen LogP contribution in [0.5, 0.6) is 0 Å². The van der Waals surface area contributed by atoms with E-state index in [2.05, 4.69) is 18.6 Å². The van der Waals surface area contributed by atoms with Crippen molar-refractivity contribution in [3.63, 3.8) is 0 Å². The van der Waals surface area contributed by atoms with Gasteiger partial charge in [0, 0.05) is 0 Å². The third kappa shape index (κ3) is 9.68. The second kappa shape index (κ2) is 15.8. The largest absolute Gasteiger partial charge is 0.468 e. The number of hydrogen-bond acceptors (Lipinski definition) is 5. The van der Waals surface area contributed by atoms with Gasteiger partial charge in [-0.2, -0.15) is 4.72 Å². The number of aryl methyl sites for hydroxylation is 1. The summed E-state index contributed by atoms with van der Waals surface area (Å²) in [6, 6.07) is 14.6. The molecule has 0 aromatic heterocycles. The highest BCUT2D eigenvalue weighted by Gasteiger charge is 2.37. The number of sulfonamides is 1. The van der Waals surface area contributed by atoms with Gasteiger partial charge in [-0.15, -0.1) is 0 Å². The molecule has 1 N–H and O–H groups in total. The molecule has 3 atom stereocenters. The van der Waals surface area contributed by atoms with E-state index in [1.54, 1.807) is 12.1 Å². The summed E-state index contributed by atoms with van der Waals surface area (Å²) in [4.78, 5) is 13.0. The van der Waals surface area contributed by atoms with Gasteiger partial charge in [-0.05, 0) is 37.5 Å². The molecule has 0 radical (unpaired) electrons. The first-order chi connectivity index (χ1) is 17.3. The average molecular weight is 518 g/mol. The van der Waals surface area contributed by atoms with Gasteiger partial charge in [0.2, 0.25) is 10.0 Å². The molecule has 2 aromatic rings. The third-order valence-electron chi connectivity index (χ3n) is 6.33. The Kier molecular flexibility index (Phi) is 13.2. The molecule has 0 aliphatic carbocycles. The van der Waals surface area contributed by atoms with Crippen molar-refractivity contribution in [1.82, 2.24) is 4.72 Å². The number of carbonyl (C=O) groups excluding carboxylic acids is 1. The first kappa shape index (κ1) is 30.0. The first-order valence-corrected chi connectivity index (χ1v) is 14.7. The molecule has 0 spiro atoms. The van der Waals surface area contributed by atoms with Crippen LogP contribution in [-0.4, -0.2) is 33.6 Å². The Labute approximate surface area is 217 Å². The standard InChI is InChI=1S/C29H43NO5S/c1-5-7-8-9-10-14-18-25(15-6-2)35-28(24-16-12-11-13-17-24)27(29(31)34-4)30-36(32,33)26-21-19-23(3)20-22-26/h11-13,16-17,19-22,25,27-28,30H,5-10,14-15,18H2,1-4H3. The lowest BCUT2D eigenvalue weighted by molar-refractivity contribution is -0.149.